The van der Waals surface area contributed by atoms with Crippen molar-refractivity contribution in [3.8, 4) is 5.75 Å². The van der Waals surface area contributed by atoms with Gasteiger partial charge in [0, 0.05) is 22.3 Å². The van der Waals surface area contributed by atoms with Crippen molar-refractivity contribution < 1.29 is 4.74 Å². The predicted molar refractivity (Wildman–Crippen MR) is 84.6 cm³/mol. The number of hydrogen-bond acceptors (Lipinski definition) is 2. The van der Waals surface area contributed by atoms with Crippen molar-refractivity contribution in [1.82, 2.24) is 0 Å². The minimum atomic E-state index is 0.548. The average molecular weight is 361 g/mol. The standard InChI is InChI=1S/C14H12BrCl2NO/c15-13-9-11(17)4-5-14(13)19-7-6-18-12-3-1-2-10(16)8-12/h1-5,8-9,18H,6-7H2. The number of hydrogen-bond donors (Lipinski definition) is 1. The quantitative estimate of drug-likeness (QED) is 0.735. The van der Waals surface area contributed by atoms with Crippen LogP contribution in [-0.2, 0) is 0 Å². The second kappa shape index (κ2) is 7.04. The van der Waals surface area contributed by atoms with Crippen molar-refractivity contribution in [3.63, 3.8) is 0 Å². The molecule has 0 saturated carbocycles. The topological polar surface area (TPSA) is 21.3 Å². The zero-order valence-electron chi connectivity index (χ0n) is 10.00. The fraction of sp³-hybridized carbons (Fsp3) is 0.143. The largest absolute Gasteiger partial charge is 0.491 e. The molecule has 0 aliphatic heterocycles. The number of ether oxygens (including phenoxy) is 1. The molecule has 0 aliphatic carbocycles. The van der Waals surface area contributed by atoms with Crippen molar-refractivity contribution in [2.75, 3.05) is 18.5 Å². The number of anilines is 1. The molecular formula is C14H12BrCl2NO. The SMILES string of the molecule is Clc1cccc(NCCOc2ccc(Cl)cc2Br)c1. The highest BCUT2D eigenvalue weighted by Crippen LogP contribution is 2.27. The Morgan fingerprint density at radius 1 is 1.05 bits per heavy atom. The number of benzene rings is 2. The highest BCUT2D eigenvalue weighted by atomic mass is 79.9. The van der Waals surface area contributed by atoms with Crippen LogP contribution in [0.4, 0.5) is 5.69 Å². The van der Waals surface area contributed by atoms with E-state index in [9.17, 15) is 0 Å². The molecule has 2 aromatic carbocycles. The lowest BCUT2D eigenvalue weighted by Gasteiger charge is -2.10. The van der Waals surface area contributed by atoms with E-state index in [1.807, 2.05) is 30.3 Å². The Labute approximate surface area is 130 Å². The van der Waals surface area contributed by atoms with Gasteiger partial charge < -0.3 is 10.1 Å². The molecule has 0 heterocycles. The zero-order valence-corrected chi connectivity index (χ0v) is 13.1. The van der Waals surface area contributed by atoms with Crippen LogP contribution in [0.3, 0.4) is 0 Å². The van der Waals surface area contributed by atoms with Gasteiger partial charge in [-0.25, -0.2) is 0 Å². The molecule has 0 aromatic heterocycles. The van der Waals surface area contributed by atoms with Crippen LogP contribution in [0.15, 0.2) is 46.9 Å². The van der Waals surface area contributed by atoms with Gasteiger partial charge in [0.25, 0.3) is 0 Å². The molecule has 100 valence electrons. The molecule has 0 unspecified atom stereocenters. The van der Waals surface area contributed by atoms with E-state index in [1.54, 1.807) is 12.1 Å². The smallest absolute Gasteiger partial charge is 0.133 e. The Morgan fingerprint density at radius 3 is 2.58 bits per heavy atom. The highest BCUT2D eigenvalue weighted by Gasteiger charge is 2.01. The fourth-order valence-electron chi connectivity index (χ4n) is 1.55. The number of rotatable bonds is 5. The highest BCUT2D eigenvalue weighted by molar-refractivity contribution is 9.10. The molecule has 0 aliphatic rings. The van der Waals surface area contributed by atoms with Gasteiger partial charge >= 0.3 is 0 Å². The summed E-state index contributed by atoms with van der Waals surface area (Å²) < 4.78 is 6.49. The normalized spacial score (nSPS) is 10.3. The third kappa shape index (κ3) is 4.60. The number of nitrogens with one attached hydrogen (secondary N) is 1. The summed E-state index contributed by atoms with van der Waals surface area (Å²) in [6, 6.07) is 13.0. The van der Waals surface area contributed by atoms with E-state index in [4.69, 9.17) is 27.9 Å². The Morgan fingerprint density at radius 2 is 1.84 bits per heavy atom. The molecule has 1 N–H and O–H groups in total. The Bertz CT molecular complexity index is 563. The van der Waals surface area contributed by atoms with Gasteiger partial charge in [-0.2, -0.15) is 0 Å². The van der Waals surface area contributed by atoms with Crippen LogP contribution < -0.4 is 10.1 Å². The van der Waals surface area contributed by atoms with Crippen LogP contribution in [0.25, 0.3) is 0 Å². The minimum Gasteiger partial charge on any atom is -0.491 e. The molecule has 0 spiro atoms. The third-order valence-electron chi connectivity index (χ3n) is 2.41. The van der Waals surface area contributed by atoms with Gasteiger partial charge in [0.2, 0.25) is 0 Å². The maximum Gasteiger partial charge on any atom is 0.133 e. The molecule has 0 fully saturated rings. The maximum atomic E-state index is 5.90. The summed E-state index contributed by atoms with van der Waals surface area (Å²) in [5.74, 6) is 0.775. The summed E-state index contributed by atoms with van der Waals surface area (Å²) in [5.41, 5.74) is 0.978. The summed E-state index contributed by atoms with van der Waals surface area (Å²) in [4.78, 5) is 0. The van der Waals surface area contributed by atoms with E-state index in [0.29, 0.717) is 23.2 Å². The van der Waals surface area contributed by atoms with Crippen LogP contribution >= 0.6 is 39.1 Å². The number of halogens is 3. The summed E-state index contributed by atoms with van der Waals surface area (Å²) in [5, 5.41) is 4.63. The predicted octanol–water partition coefficient (Wildman–Crippen LogP) is 5.25. The van der Waals surface area contributed by atoms with Gasteiger partial charge in [-0.3, -0.25) is 0 Å². The van der Waals surface area contributed by atoms with E-state index in [-0.39, 0.29) is 0 Å². The van der Waals surface area contributed by atoms with Crippen molar-refractivity contribution >= 4 is 44.8 Å². The van der Waals surface area contributed by atoms with Crippen LogP contribution in [-0.4, -0.2) is 13.2 Å². The summed E-state index contributed by atoms with van der Waals surface area (Å²) >= 11 is 15.2. The van der Waals surface area contributed by atoms with E-state index in [2.05, 4.69) is 21.2 Å². The lowest BCUT2D eigenvalue weighted by Crippen LogP contribution is -2.11. The molecule has 2 nitrogen and oxygen atoms in total. The first-order valence-electron chi connectivity index (χ1n) is 5.72. The molecule has 2 aromatic rings. The molecule has 0 atom stereocenters. The van der Waals surface area contributed by atoms with Crippen LogP contribution in [0.2, 0.25) is 10.0 Å². The monoisotopic (exact) mass is 359 g/mol. The first kappa shape index (κ1) is 14.5. The van der Waals surface area contributed by atoms with Crippen molar-refractivity contribution in [1.29, 1.82) is 0 Å². The molecule has 2 rings (SSSR count). The third-order valence-corrected chi connectivity index (χ3v) is 3.50. The molecule has 0 saturated heterocycles. The van der Waals surface area contributed by atoms with Crippen molar-refractivity contribution in [2.45, 2.75) is 0 Å². The molecular weight excluding hydrogens is 349 g/mol. The molecule has 0 bridgehead atoms. The lowest BCUT2D eigenvalue weighted by atomic mass is 10.3. The molecule has 0 radical (unpaired) electrons. The van der Waals surface area contributed by atoms with Gasteiger partial charge in [-0.1, -0.05) is 29.3 Å². The molecule has 0 amide bonds. The van der Waals surface area contributed by atoms with Crippen LogP contribution in [0.5, 0.6) is 5.75 Å². The van der Waals surface area contributed by atoms with Gasteiger partial charge in [-0.05, 0) is 52.3 Å². The fourth-order valence-corrected chi connectivity index (χ4v) is 2.53. The average Bonchev–Trinajstić information content (AvgIpc) is 2.37. The Kier molecular flexibility index (Phi) is 5.37. The van der Waals surface area contributed by atoms with Crippen molar-refractivity contribution in [2.24, 2.45) is 0 Å². The van der Waals surface area contributed by atoms with E-state index in [0.717, 1.165) is 15.9 Å². The maximum absolute atomic E-state index is 5.90. The van der Waals surface area contributed by atoms with Crippen LogP contribution in [0, 0.1) is 0 Å². The van der Waals surface area contributed by atoms with E-state index in [1.165, 1.54) is 0 Å². The van der Waals surface area contributed by atoms with Gasteiger partial charge in [0.1, 0.15) is 12.4 Å². The van der Waals surface area contributed by atoms with E-state index < -0.39 is 0 Å². The first-order chi connectivity index (χ1) is 9.15. The van der Waals surface area contributed by atoms with E-state index >= 15 is 0 Å². The van der Waals surface area contributed by atoms with Gasteiger partial charge in [0.05, 0.1) is 4.47 Å². The Hall–Kier alpha value is -0.900. The second-order valence-electron chi connectivity index (χ2n) is 3.86. The summed E-state index contributed by atoms with van der Waals surface area (Å²) in [6.45, 7) is 1.24. The Balaban J connectivity index is 1.81. The van der Waals surface area contributed by atoms with Gasteiger partial charge in [0.15, 0.2) is 0 Å². The van der Waals surface area contributed by atoms with Gasteiger partial charge in [-0.15, -0.1) is 0 Å². The van der Waals surface area contributed by atoms with Crippen LogP contribution in [0.1, 0.15) is 0 Å². The molecule has 5 heteroatoms. The summed E-state index contributed by atoms with van der Waals surface area (Å²) in [6.07, 6.45) is 0. The minimum absolute atomic E-state index is 0.548. The lowest BCUT2D eigenvalue weighted by molar-refractivity contribution is 0.331. The summed E-state index contributed by atoms with van der Waals surface area (Å²) in [7, 11) is 0. The van der Waals surface area contributed by atoms with Crippen molar-refractivity contribution in [3.05, 3.63) is 57.0 Å². The second-order valence-corrected chi connectivity index (χ2v) is 5.59. The first-order valence-corrected chi connectivity index (χ1v) is 7.27. The zero-order chi connectivity index (χ0) is 13.7. The molecule has 19 heavy (non-hydrogen) atoms.